The van der Waals surface area contributed by atoms with Gasteiger partial charge in [-0.1, -0.05) is 0 Å². The summed E-state index contributed by atoms with van der Waals surface area (Å²) in [7, 11) is -4.45. The molecule has 1 aromatic heterocycles. The predicted octanol–water partition coefficient (Wildman–Crippen LogP) is 1.63. The van der Waals surface area contributed by atoms with Crippen molar-refractivity contribution < 1.29 is 17.8 Å². The first kappa shape index (κ1) is 15.3. The van der Waals surface area contributed by atoms with Crippen molar-refractivity contribution in [3.05, 3.63) is 16.0 Å². The van der Waals surface area contributed by atoms with Gasteiger partial charge in [0.05, 0.1) is 11.3 Å². The molecule has 1 amide bonds. The fourth-order valence-corrected chi connectivity index (χ4v) is 4.39. The van der Waals surface area contributed by atoms with Gasteiger partial charge in [0.25, 0.3) is 0 Å². The molecule has 108 valence electrons. The van der Waals surface area contributed by atoms with Crippen molar-refractivity contribution in [3.8, 4) is 6.07 Å². The maximum Gasteiger partial charge on any atom is 0.236 e. The van der Waals surface area contributed by atoms with E-state index < -0.39 is 20.8 Å². The van der Waals surface area contributed by atoms with E-state index in [1.165, 1.54) is 11.3 Å². The normalized spacial score (nSPS) is 14.4. The number of hydrogen-bond acceptors (Lipinski definition) is 7. The van der Waals surface area contributed by atoms with E-state index in [-0.39, 0.29) is 10.8 Å². The summed E-state index contributed by atoms with van der Waals surface area (Å²) in [5.41, 5.74) is 1.45. The van der Waals surface area contributed by atoms with Crippen LogP contribution in [0.5, 0.6) is 0 Å². The smallest absolute Gasteiger partial charge is 0.236 e. The molecule has 1 N–H and O–H groups in total. The van der Waals surface area contributed by atoms with E-state index in [0.29, 0.717) is 10.6 Å². The molecule has 6 nitrogen and oxygen atoms in total. The van der Waals surface area contributed by atoms with Crippen LogP contribution in [0.15, 0.2) is 0 Å². The highest BCUT2D eigenvalue weighted by molar-refractivity contribution is 8.70. The first-order valence-electron chi connectivity index (χ1n) is 5.85. The van der Waals surface area contributed by atoms with Gasteiger partial charge in [-0.3, -0.25) is 4.79 Å². The van der Waals surface area contributed by atoms with E-state index in [1.807, 2.05) is 0 Å². The molecule has 0 bridgehead atoms. The van der Waals surface area contributed by atoms with Gasteiger partial charge in [-0.05, 0) is 42.0 Å². The second-order valence-electron chi connectivity index (χ2n) is 4.25. The summed E-state index contributed by atoms with van der Waals surface area (Å²) in [5.74, 6) is -1.07. The third-order valence-electron chi connectivity index (χ3n) is 2.87. The fourth-order valence-electron chi connectivity index (χ4n) is 2.06. The Balaban J connectivity index is 2.12. The molecule has 0 saturated carbocycles. The Morgan fingerprint density at radius 1 is 1.45 bits per heavy atom. The Morgan fingerprint density at radius 2 is 2.15 bits per heavy atom. The monoisotopic (exact) mass is 331 g/mol. The first-order chi connectivity index (χ1) is 9.40. The molecule has 1 aliphatic carbocycles. The van der Waals surface area contributed by atoms with Crippen molar-refractivity contribution in [1.29, 1.82) is 5.26 Å². The number of carbonyl (C=O) groups excluding carboxylic acids is 1. The van der Waals surface area contributed by atoms with Crippen LogP contribution >= 0.6 is 22.1 Å². The molecule has 0 aliphatic heterocycles. The maximum atomic E-state index is 11.6. The minimum atomic E-state index is -4.49. The molecular formula is C11H11N2O4S3-. The molecule has 0 saturated heterocycles. The summed E-state index contributed by atoms with van der Waals surface area (Å²) >= 11 is 1.36. The lowest BCUT2D eigenvalue weighted by Crippen LogP contribution is -2.15. The van der Waals surface area contributed by atoms with E-state index in [1.54, 1.807) is 0 Å². The van der Waals surface area contributed by atoms with Crippen molar-refractivity contribution in [2.24, 2.45) is 0 Å². The highest BCUT2D eigenvalue weighted by Gasteiger charge is 2.21. The van der Waals surface area contributed by atoms with Crippen LogP contribution in [0, 0.1) is 11.3 Å². The molecule has 0 fully saturated rings. The lowest BCUT2D eigenvalue weighted by atomic mass is 9.96. The summed E-state index contributed by atoms with van der Waals surface area (Å²) < 4.78 is 31.3. The van der Waals surface area contributed by atoms with Gasteiger partial charge in [0.1, 0.15) is 20.2 Å². The Labute approximate surface area is 124 Å². The summed E-state index contributed by atoms with van der Waals surface area (Å²) in [4.78, 5) is 12.7. The zero-order valence-corrected chi connectivity index (χ0v) is 12.8. The Kier molecular flexibility index (Phi) is 4.70. The molecule has 1 aromatic rings. The number of nitrogens with zero attached hydrogens (tertiary/aromatic N) is 1. The second-order valence-corrected chi connectivity index (χ2v) is 8.62. The minimum absolute atomic E-state index is 0.0356. The van der Waals surface area contributed by atoms with Gasteiger partial charge in [0, 0.05) is 4.88 Å². The number of fused-ring (bicyclic) bond motifs is 1. The van der Waals surface area contributed by atoms with Gasteiger partial charge in [-0.25, -0.2) is 8.42 Å². The molecule has 0 aromatic carbocycles. The van der Waals surface area contributed by atoms with Crippen molar-refractivity contribution in [1.82, 2.24) is 0 Å². The number of carbonyl (C=O) groups is 1. The molecule has 2 rings (SSSR count). The molecule has 1 heterocycles. The standard InChI is InChI=1S/C11H12N2O4S3/c12-5-8-7-3-1-2-4-9(7)19-11(8)13-10(14)6-18-20(15,16)17/h1-4,6H2,(H,13,14)(H,15,16,17)/p-1. The number of aryl methyl sites for hydroxylation is 1. The van der Waals surface area contributed by atoms with Crippen LogP contribution in [-0.4, -0.2) is 24.6 Å². The molecule has 0 atom stereocenters. The van der Waals surface area contributed by atoms with Gasteiger partial charge in [0.15, 0.2) is 0 Å². The largest absolute Gasteiger partial charge is 0.739 e. The Bertz CT molecular complexity index is 673. The summed E-state index contributed by atoms with van der Waals surface area (Å²) in [6, 6.07) is 2.09. The van der Waals surface area contributed by atoms with Crippen molar-refractivity contribution in [2.45, 2.75) is 25.7 Å². The lowest BCUT2D eigenvalue weighted by molar-refractivity contribution is -0.113. The summed E-state index contributed by atoms with van der Waals surface area (Å²) in [5, 5.41) is 12.2. The van der Waals surface area contributed by atoms with Gasteiger partial charge in [-0.15, -0.1) is 11.3 Å². The first-order valence-corrected chi connectivity index (χ1v) is 9.58. The zero-order valence-electron chi connectivity index (χ0n) is 10.3. The van der Waals surface area contributed by atoms with E-state index in [9.17, 15) is 23.0 Å². The number of thiophene rings is 1. The van der Waals surface area contributed by atoms with E-state index in [4.69, 9.17) is 0 Å². The highest BCUT2D eigenvalue weighted by Crippen LogP contribution is 2.37. The molecule has 9 heteroatoms. The number of amides is 1. The quantitative estimate of drug-likeness (QED) is 0.663. The van der Waals surface area contributed by atoms with Crippen LogP contribution < -0.4 is 5.32 Å². The summed E-state index contributed by atoms with van der Waals surface area (Å²) in [6.07, 6.45) is 3.81. The number of hydrogen-bond donors (Lipinski definition) is 1. The van der Waals surface area contributed by atoms with Crippen LogP contribution in [0.1, 0.15) is 28.8 Å². The summed E-state index contributed by atoms with van der Waals surface area (Å²) in [6.45, 7) is 0. The van der Waals surface area contributed by atoms with Crippen molar-refractivity contribution in [3.63, 3.8) is 0 Å². The average Bonchev–Trinajstić information content (AvgIpc) is 2.72. The number of nitriles is 1. The van der Waals surface area contributed by atoms with Gasteiger partial charge >= 0.3 is 0 Å². The number of anilines is 1. The minimum Gasteiger partial charge on any atom is -0.739 e. The SMILES string of the molecule is N#Cc1c(NC(=O)CSS(=O)(=O)[O-])sc2c1CCCC2. The van der Waals surface area contributed by atoms with Crippen molar-refractivity contribution in [2.75, 3.05) is 11.1 Å². The third kappa shape index (κ3) is 3.73. The van der Waals surface area contributed by atoms with E-state index in [0.717, 1.165) is 36.1 Å². The van der Waals surface area contributed by atoms with Crippen molar-refractivity contribution >= 4 is 42.2 Å². The molecule has 0 spiro atoms. The molecule has 20 heavy (non-hydrogen) atoms. The zero-order chi connectivity index (χ0) is 14.8. The van der Waals surface area contributed by atoms with Gasteiger partial charge in [-0.2, -0.15) is 5.26 Å². The number of rotatable bonds is 4. The number of nitrogens with one attached hydrogen (secondary N) is 1. The second kappa shape index (κ2) is 6.13. The van der Waals surface area contributed by atoms with Gasteiger partial charge in [0.2, 0.25) is 5.91 Å². The Morgan fingerprint density at radius 3 is 2.80 bits per heavy atom. The molecule has 0 radical (unpaired) electrons. The maximum absolute atomic E-state index is 11.6. The third-order valence-corrected chi connectivity index (χ3v) is 5.97. The average molecular weight is 331 g/mol. The molecule has 1 aliphatic rings. The topological polar surface area (TPSA) is 110 Å². The van der Waals surface area contributed by atoms with Crippen LogP contribution in [-0.2, 0) is 26.8 Å². The Hall–Kier alpha value is -1.08. The van der Waals surface area contributed by atoms with Crippen LogP contribution in [0.4, 0.5) is 5.00 Å². The molecule has 0 unspecified atom stereocenters. The van der Waals surface area contributed by atoms with Crippen LogP contribution in [0.25, 0.3) is 0 Å². The van der Waals surface area contributed by atoms with Crippen LogP contribution in [0.3, 0.4) is 0 Å². The highest BCUT2D eigenvalue weighted by atomic mass is 33.1. The van der Waals surface area contributed by atoms with E-state index >= 15 is 0 Å². The van der Waals surface area contributed by atoms with Crippen LogP contribution in [0.2, 0.25) is 0 Å². The fraction of sp³-hybridized carbons (Fsp3) is 0.455. The predicted molar refractivity (Wildman–Crippen MR) is 76.5 cm³/mol. The lowest BCUT2D eigenvalue weighted by Gasteiger charge is -2.09. The van der Waals surface area contributed by atoms with E-state index in [2.05, 4.69) is 11.4 Å². The molecular weight excluding hydrogens is 320 g/mol. The van der Waals surface area contributed by atoms with Gasteiger partial charge < -0.3 is 9.87 Å².